The second-order valence-electron chi connectivity index (χ2n) is 6.41. The van der Waals surface area contributed by atoms with Gasteiger partial charge in [0.25, 0.3) is 0 Å². The Kier molecular flexibility index (Phi) is 3.19. The van der Waals surface area contributed by atoms with Gasteiger partial charge in [-0.25, -0.2) is 9.97 Å². The van der Waals surface area contributed by atoms with Crippen LogP contribution in [0.25, 0.3) is 44.5 Å². The fraction of sp³-hybridized carbons (Fsp3) is 0.0909. The predicted molar refractivity (Wildman–Crippen MR) is 102 cm³/mol. The molecule has 0 aliphatic carbocycles. The molecule has 2 aromatic heterocycles. The smallest absolute Gasteiger partial charge is 0.192 e. The van der Waals surface area contributed by atoms with Crippen molar-refractivity contribution >= 4 is 22.2 Å². The number of hydrogen-bond acceptors (Lipinski definition) is 4. The van der Waals surface area contributed by atoms with Gasteiger partial charge in [-0.05, 0) is 46.5 Å². The van der Waals surface area contributed by atoms with E-state index in [1.165, 1.54) is 0 Å². The first-order valence-corrected chi connectivity index (χ1v) is 8.51. The number of nitrogens with zero attached hydrogens (tertiary/aromatic N) is 2. The summed E-state index contributed by atoms with van der Waals surface area (Å²) < 4.78 is 11.1. The lowest BCUT2D eigenvalue weighted by Crippen LogP contribution is -1.81. The Morgan fingerprint density at radius 1 is 0.538 bits per heavy atom. The average molecular weight is 340 g/mol. The van der Waals surface area contributed by atoms with Gasteiger partial charge in [0.1, 0.15) is 11.0 Å². The van der Waals surface area contributed by atoms with Crippen LogP contribution in [0.3, 0.4) is 0 Å². The molecule has 0 amide bonds. The van der Waals surface area contributed by atoms with Crippen LogP contribution in [-0.4, -0.2) is 9.97 Å². The van der Waals surface area contributed by atoms with Crippen LogP contribution >= 0.6 is 0 Å². The van der Waals surface area contributed by atoms with Crippen molar-refractivity contribution in [3.63, 3.8) is 0 Å². The molecule has 126 valence electrons. The first-order chi connectivity index (χ1) is 12.7. The molecule has 4 nitrogen and oxygen atoms in total. The largest absolute Gasteiger partial charge is 0.441 e. The van der Waals surface area contributed by atoms with E-state index in [-0.39, 0.29) is 0 Å². The van der Waals surface area contributed by atoms with Crippen LogP contribution in [0.5, 0.6) is 0 Å². The zero-order valence-corrected chi connectivity index (χ0v) is 14.5. The minimum Gasteiger partial charge on any atom is -0.441 e. The van der Waals surface area contributed by atoms with E-state index in [1.807, 2.05) is 26.0 Å². The standard InChI is InChI=1S/C22H16N2O2/c1-13-23-19-11-17(7-9-21(19)25-13)15-3-5-16(6-4-15)18-8-10-22-20(12-18)24-14(2)26-22/h3-12H,1-2H3. The summed E-state index contributed by atoms with van der Waals surface area (Å²) in [6, 6.07) is 20.7. The van der Waals surface area contributed by atoms with E-state index in [0.717, 1.165) is 44.5 Å². The molecule has 0 bridgehead atoms. The van der Waals surface area contributed by atoms with Crippen molar-refractivity contribution in [1.29, 1.82) is 0 Å². The molecule has 2 heterocycles. The van der Waals surface area contributed by atoms with E-state index in [9.17, 15) is 0 Å². The topological polar surface area (TPSA) is 52.1 Å². The highest BCUT2D eigenvalue weighted by molar-refractivity contribution is 5.83. The molecular formula is C22H16N2O2. The molecule has 0 atom stereocenters. The zero-order valence-electron chi connectivity index (χ0n) is 14.5. The Morgan fingerprint density at radius 3 is 1.35 bits per heavy atom. The van der Waals surface area contributed by atoms with Crippen molar-refractivity contribution < 1.29 is 8.83 Å². The van der Waals surface area contributed by atoms with E-state index >= 15 is 0 Å². The molecule has 0 saturated heterocycles. The van der Waals surface area contributed by atoms with Crippen LogP contribution in [0.4, 0.5) is 0 Å². The number of fused-ring (bicyclic) bond motifs is 2. The van der Waals surface area contributed by atoms with E-state index in [4.69, 9.17) is 8.83 Å². The maximum atomic E-state index is 5.55. The maximum absolute atomic E-state index is 5.55. The predicted octanol–water partition coefficient (Wildman–Crippen LogP) is 5.92. The number of hydrogen-bond donors (Lipinski definition) is 0. The highest BCUT2D eigenvalue weighted by atomic mass is 16.3. The lowest BCUT2D eigenvalue weighted by atomic mass is 10.00. The number of rotatable bonds is 2. The Morgan fingerprint density at radius 2 is 0.923 bits per heavy atom. The van der Waals surface area contributed by atoms with Crippen LogP contribution < -0.4 is 0 Å². The lowest BCUT2D eigenvalue weighted by Gasteiger charge is -2.05. The van der Waals surface area contributed by atoms with Gasteiger partial charge >= 0.3 is 0 Å². The molecule has 26 heavy (non-hydrogen) atoms. The van der Waals surface area contributed by atoms with Crippen molar-refractivity contribution in [2.45, 2.75) is 13.8 Å². The fourth-order valence-corrected chi connectivity index (χ4v) is 3.30. The van der Waals surface area contributed by atoms with Gasteiger partial charge in [0, 0.05) is 13.8 Å². The summed E-state index contributed by atoms with van der Waals surface area (Å²) in [4.78, 5) is 8.83. The van der Waals surface area contributed by atoms with Crippen LogP contribution in [0.2, 0.25) is 0 Å². The summed E-state index contributed by atoms with van der Waals surface area (Å²) in [7, 11) is 0. The Balaban J connectivity index is 1.52. The monoisotopic (exact) mass is 340 g/mol. The molecule has 0 spiro atoms. The van der Waals surface area contributed by atoms with E-state index < -0.39 is 0 Å². The van der Waals surface area contributed by atoms with E-state index in [2.05, 4.69) is 58.5 Å². The highest BCUT2D eigenvalue weighted by Crippen LogP contribution is 2.29. The third kappa shape index (κ3) is 2.47. The zero-order chi connectivity index (χ0) is 17.7. The number of aromatic nitrogens is 2. The second-order valence-corrected chi connectivity index (χ2v) is 6.41. The van der Waals surface area contributed by atoms with Gasteiger partial charge in [0.15, 0.2) is 22.9 Å². The summed E-state index contributed by atoms with van der Waals surface area (Å²) in [5.41, 5.74) is 7.95. The van der Waals surface area contributed by atoms with Gasteiger partial charge in [-0.15, -0.1) is 0 Å². The van der Waals surface area contributed by atoms with Gasteiger partial charge in [-0.1, -0.05) is 36.4 Å². The summed E-state index contributed by atoms with van der Waals surface area (Å²) in [6.45, 7) is 3.73. The average Bonchev–Trinajstić information content (AvgIpc) is 3.20. The van der Waals surface area contributed by atoms with Gasteiger partial charge in [0.05, 0.1) is 0 Å². The first-order valence-electron chi connectivity index (χ1n) is 8.51. The molecule has 5 aromatic rings. The lowest BCUT2D eigenvalue weighted by molar-refractivity contribution is 0.560. The van der Waals surface area contributed by atoms with E-state index in [0.29, 0.717) is 11.8 Å². The van der Waals surface area contributed by atoms with Gasteiger partial charge in [-0.3, -0.25) is 0 Å². The first kappa shape index (κ1) is 14.9. The normalized spacial score (nSPS) is 11.5. The summed E-state index contributed by atoms with van der Waals surface area (Å²) in [5, 5.41) is 0. The fourth-order valence-electron chi connectivity index (χ4n) is 3.30. The van der Waals surface area contributed by atoms with Gasteiger partial charge < -0.3 is 8.83 Å². The number of benzene rings is 3. The molecule has 0 unspecified atom stereocenters. The Hall–Kier alpha value is -3.40. The molecule has 5 rings (SSSR count). The van der Waals surface area contributed by atoms with Crippen molar-refractivity contribution in [2.75, 3.05) is 0 Å². The molecule has 0 aliphatic rings. The molecule has 3 aromatic carbocycles. The summed E-state index contributed by atoms with van der Waals surface area (Å²) in [6.07, 6.45) is 0. The Labute approximate surface area is 150 Å². The third-order valence-electron chi connectivity index (χ3n) is 4.54. The van der Waals surface area contributed by atoms with Crippen molar-refractivity contribution in [3.8, 4) is 22.3 Å². The van der Waals surface area contributed by atoms with Crippen molar-refractivity contribution in [1.82, 2.24) is 9.97 Å². The molecule has 0 N–H and O–H groups in total. The van der Waals surface area contributed by atoms with Crippen LogP contribution in [0.15, 0.2) is 69.5 Å². The maximum Gasteiger partial charge on any atom is 0.192 e. The van der Waals surface area contributed by atoms with Gasteiger partial charge in [0.2, 0.25) is 0 Å². The molecule has 4 heteroatoms. The quantitative estimate of drug-likeness (QED) is 0.400. The molecule has 0 saturated carbocycles. The highest BCUT2D eigenvalue weighted by Gasteiger charge is 2.07. The number of aryl methyl sites for hydroxylation is 2. The second kappa shape index (κ2) is 5.56. The molecule has 0 radical (unpaired) electrons. The number of oxazole rings is 2. The Bertz CT molecular complexity index is 1150. The van der Waals surface area contributed by atoms with Crippen LogP contribution in [-0.2, 0) is 0 Å². The van der Waals surface area contributed by atoms with Crippen molar-refractivity contribution in [2.24, 2.45) is 0 Å². The van der Waals surface area contributed by atoms with Crippen LogP contribution in [0.1, 0.15) is 11.8 Å². The SMILES string of the molecule is Cc1nc2cc(-c3ccc(-c4ccc5oc(C)nc5c4)cc3)ccc2o1. The summed E-state index contributed by atoms with van der Waals surface area (Å²) in [5.74, 6) is 1.37. The molecule has 0 fully saturated rings. The third-order valence-corrected chi connectivity index (χ3v) is 4.54. The molecule has 0 aliphatic heterocycles. The summed E-state index contributed by atoms with van der Waals surface area (Å²) >= 11 is 0. The molecular weight excluding hydrogens is 324 g/mol. The van der Waals surface area contributed by atoms with Crippen LogP contribution in [0, 0.1) is 13.8 Å². The minimum absolute atomic E-state index is 0.686. The van der Waals surface area contributed by atoms with Gasteiger partial charge in [-0.2, -0.15) is 0 Å². The van der Waals surface area contributed by atoms with E-state index in [1.54, 1.807) is 0 Å². The van der Waals surface area contributed by atoms with Crippen molar-refractivity contribution in [3.05, 3.63) is 72.4 Å². The minimum atomic E-state index is 0.686.